The van der Waals surface area contributed by atoms with Gasteiger partial charge in [-0.1, -0.05) is 0 Å². The van der Waals surface area contributed by atoms with E-state index < -0.39 is 0 Å². The third-order valence-electron chi connectivity index (χ3n) is 2.17. The summed E-state index contributed by atoms with van der Waals surface area (Å²) in [5, 5.41) is 0.711. The van der Waals surface area contributed by atoms with Gasteiger partial charge in [-0.2, -0.15) is 0 Å². The van der Waals surface area contributed by atoms with Crippen LogP contribution in [0.3, 0.4) is 0 Å². The van der Waals surface area contributed by atoms with Crippen molar-refractivity contribution in [2.75, 3.05) is 5.73 Å². The first kappa shape index (κ1) is 12.1. The SMILES string of the molecule is Nc1ccc2nc(Sc3ncc(I)cn3)sc2c1. The van der Waals surface area contributed by atoms with E-state index in [1.54, 1.807) is 23.7 Å². The monoisotopic (exact) mass is 386 g/mol. The molecule has 0 saturated carbocycles. The second-order valence-corrected chi connectivity index (χ2v) is 6.98. The van der Waals surface area contributed by atoms with Gasteiger partial charge in [-0.05, 0) is 52.6 Å². The fraction of sp³-hybridized carbons (Fsp3) is 0. The van der Waals surface area contributed by atoms with Gasteiger partial charge in [0.1, 0.15) is 0 Å². The largest absolute Gasteiger partial charge is 0.399 e. The van der Waals surface area contributed by atoms with Crippen LogP contribution in [0, 0.1) is 3.57 Å². The van der Waals surface area contributed by atoms with E-state index in [1.807, 2.05) is 18.2 Å². The fourth-order valence-electron chi connectivity index (χ4n) is 1.39. The number of hydrogen-bond donors (Lipinski definition) is 1. The molecule has 0 unspecified atom stereocenters. The van der Waals surface area contributed by atoms with E-state index >= 15 is 0 Å². The molecule has 2 N–H and O–H groups in total. The summed E-state index contributed by atoms with van der Waals surface area (Å²) < 4.78 is 3.04. The zero-order valence-corrected chi connectivity index (χ0v) is 12.8. The summed E-state index contributed by atoms with van der Waals surface area (Å²) in [4.78, 5) is 13.0. The second kappa shape index (κ2) is 4.98. The fourth-order valence-corrected chi connectivity index (χ4v) is 3.59. The van der Waals surface area contributed by atoms with Crippen LogP contribution in [-0.4, -0.2) is 15.0 Å². The highest BCUT2D eigenvalue weighted by Gasteiger charge is 2.07. The van der Waals surface area contributed by atoms with E-state index in [9.17, 15) is 0 Å². The van der Waals surface area contributed by atoms with Crippen molar-refractivity contribution < 1.29 is 0 Å². The lowest BCUT2D eigenvalue weighted by Crippen LogP contribution is -1.85. The van der Waals surface area contributed by atoms with Gasteiger partial charge in [0.15, 0.2) is 9.50 Å². The molecule has 0 saturated heterocycles. The van der Waals surface area contributed by atoms with Gasteiger partial charge in [-0.15, -0.1) is 11.3 Å². The maximum absolute atomic E-state index is 5.75. The molecule has 1 aromatic carbocycles. The molecule has 7 heteroatoms. The van der Waals surface area contributed by atoms with Crippen molar-refractivity contribution in [2.24, 2.45) is 0 Å². The molecule has 0 atom stereocenters. The normalized spacial score (nSPS) is 10.9. The summed E-state index contributed by atoms with van der Waals surface area (Å²) in [6.45, 7) is 0. The number of aromatic nitrogens is 3. The van der Waals surface area contributed by atoms with Crippen LogP contribution < -0.4 is 5.73 Å². The number of benzene rings is 1. The quantitative estimate of drug-likeness (QED) is 0.415. The van der Waals surface area contributed by atoms with Gasteiger partial charge in [-0.25, -0.2) is 15.0 Å². The number of anilines is 1. The van der Waals surface area contributed by atoms with Crippen LogP contribution in [0.4, 0.5) is 5.69 Å². The number of hydrogen-bond acceptors (Lipinski definition) is 6. The van der Waals surface area contributed by atoms with Gasteiger partial charge in [0.25, 0.3) is 0 Å². The first-order chi connectivity index (χ1) is 8.70. The van der Waals surface area contributed by atoms with Crippen LogP contribution in [0.15, 0.2) is 40.1 Å². The van der Waals surface area contributed by atoms with Crippen molar-refractivity contribution in [3.63, 3.8) is 0 Å². The Bertz CT molecular complexity index is 696. The van der Waals surface area contributed by atoms with Gasteiger partial charge in [0.05, 0.1) is 10.2 Å². The number of nitrogens with two attached hydrogens (primary N) is 1. The summed E-state index contributed by atoms with van der Waals surface area (Å²) in [5.41, 5.74) is 7.47. The lowest BCUT2D eigenvalue weighted by Gasteiger charge is -1.94. The van der Waals surface area contributed by atoms with Gasteiger partial charge in [0.2, 0.25) is 0 Å². The molecule has 3 aromatic rings. The van der Waals surface area contributed by atoms with Crippen LogP contribution in [0.25, 0.3) is 10.2 Å². The molecular weight excluding hydrogens is 379 g/mol. The van der Waals surface area contributed by atoms with Gasteiger partial charge >= 0.3 is 0 Å². The van der Waals surface area contributed by atoms with Crippen molar-refractivity contribution in [3.05, 3.63) is 34.2 Å². The number of nitrogen functional groups attached to an aromatic ring is 1. The van der Waals surface area contributed by atoms with Crippen LogP contribution in [0.1, 0.15) is 0 Å². The molecule has 0 fully saturated rings. The highest BCUT2D eigenvalue weighted by molar-refractivity contribution is 14.1. The summed E-state index contributed by atoms with van der Waals surface area (Å²) in [5.74, 6) is 0. The molecule has 0 aliphatic rings. The highest BCUT2D eigenvalue weighted by Crippen LogP contribution is 2.33. The van der Waals surface area contributed by atoms with Gasteiger partial charge in [-0.3, -0.25) is 0 Å². The number of nitrogens with zero attached hydrogens (tertiary/aromatic N) is 3. The average Bonchev–Trinajstić information content (AvgIpc) is 2.73. The molecule has 4 nitrogen and oxygen atoms in total. The molecule has 0 aliphatic carbocycles. The Kier molecular flexibility index (Phi) is 3.35. The molecule has 0 bridgehead atoms. The minimum Gasteiger partial charge on any atom is -0.399 e. The average molecular weight is 386 g/mol. The molecule has 0 amide bonds. The summed E-state index contributed by atoms with van der Waals surface area (Å²) in [6.07, 6.45) is 3.59. The second-order valence-electron chi connectivity index (χ2n) is 3.49. The zero-order chi connectivity index (χ0) is 12.5. The van der Waals surface area contributed by atoms with Gasteiger partial charge < -0.3 is 5.73 Å². The van der Waals surface area contributed by atoms with Crippen LogP contribution in [0.2, 0.25) is 0 Å². The maximum Gasteiger partial charge on any atom is 0.194 e. The third kappa shape index (κ3) is 2.57. The first-order valence-corrected chi connectivity index (χ1v) is 7.73. The molecule has 0 radical (unpaired) electrons. The highest BCUT2D eigenvalue weighted by atomic mass is 127. The van der Waals surface area contributed by atoms with E-state index in [2.05, 4.69) is 37.5 Å². The van der Waals surface area contributed by atoms with E-state index in [1.165, 1.54) is 11.8 Å². The molecule has 90 valence electrons. The predicted octanol–water partition coefficient (Wildman–Crippen LogP) is 3.42. The number of rotatable bonds is 2. The minimum absolute atomic E-state index is 0.711. The Morgan fingerprint density at radius 2 is 2.00 bits per heavy atom. The summed E-state index contributed by atoms with van der Waals surface area (Å²) >= 11 is 5.25. The first-order valence-electron chi connectivity index (χ1n) is 5.02. The molecular formula is C11H7IN4S2. The number of thiazole rings is 1. The molecule has 0 aliphatic heterocycles. The van der Waals surface area contributed by atoms with Crippen LogP contribution >= 0.6 is 45.7 Å². The lowest BCUT2D eigenvalue weighted by atomic mass is 10.3. The van der Waals surface area contributed by atoms with Crippen LogP contribution in [0.5, 0.6) is 0 Å². The van der Waals surface area contributed by atoms with Crippen molar-refractivity contribution in [3.8, 4) is 0 Å². The maximum atomic E-state index is 5.75. The Labute approximate surface area is 125 Å². The van der Waals surface area contributed by atoms with E-state index in [0.717, 1.165) is 23.8 Å². The molecule has 2 aromatic heterocycles. The summed E-state index contributed by atoms with van der Waals surface area (Å²) in [6, 6.07) is 5.73. The number of halogens is 1. The molecule has 0 spiro atoms. The Morgan fingerprint density at radius 1 is 1.22 bits per heavy atom. The van der Waals surface area contributed by atoms with Crippen molar-refractivity contribution in [1.82, 2.24) is 15.0 Å². The van der Waals surface area contributed by atoms with Crippen molar-refractivity contribution in [1.29, 1.82) is 0 Å². The molecule has 3 rings (SSSR count). The lowest BCUT2D eigenvalue weighted by molar-refractivity contribution is 0.956. The van der Waals surface area contributed by atoms with Gasteiger partial charge in [0, 0.05) is 21.7 Å². The van der Waals surface area contributed by atoms with E-state index in [-0.39, 0.29) is 0 Å². The molecule has 18 heavy (non-hydrogen) atoms. The molecule has 2 heterocycles. The van der Waals surface area contributed by atoms with Crippen LogP contribution in [-0.2, 0) is 0 Å². The predicted molar refractivity (Wildman–Crippen MR) is 82.9 cm³/mol. The third-order valence-corrected chi connectivity index (χ3v) is 4.70. The van der Waals surface area contributed by atoms with Crippen molar-refractivity contribution in [2.45, 2.75) is 9.50 Å². The minimum atomic E-state index is 0.711. The Hall–Kier alpha value is -0.930. The summed E-state index contributed by atoms with van der Waals surface area (Å²) in [7, 11) is 0. The topological polar surface area (TPSA) is 64.7 Å². The van der Waals surface area contributed by atoms with E-state index in [4.69, 9.17) is 5.73 Å². The Balaban J connectivity index is 1.92. The van der Waals surface area contributed by atoms with Crippen molar-refractivity contribution >= 4 is 61.6 Å². The number of fused-ring (bicyclic) bond motifs is 1. The smallest absolute Gasteiger partial charge is 0.194 e. The zero-order valence-electron chi connectivity index (χ0n) is 9.00. The Morgan fingerprint density at radius 3 is 2.78 bits per heavy atom. The van der Waals surface area contributed by atoms with E-state index in [0.29, 0.717) is 5.16 Å². The standard InChI is InChI=1S/C11H7IN4S2/c12-6-4-14-10(15-5-6)18-11-16-8-2-1-7(13)3-9(8)17-11/h1-5H,13H2.